The second kappa shape index (κ2) is 13.3. The van der Waals surface area contributed by atoms with Gasteiger partial charge in [0.15, 0.2) is 0 Å². The van der Waals surface area contributed by atoms with Crippen molar-refractivity contribution in [2.45, 2.75) is 0 Å². The number of para-hydroxylation sites is 1. The molecule has 0 aromatic heterocycles. The Morgan fingerprint density at radius 2 is 0.569 bits per heavy atom. The normalized spacial score (nSPS) is 11.1. The van der Waals surface area contributed by atoms with E-state index in [4.69, 9.17) is 0 Å². The molecule has 0 aliphatic heterocycles. The van der Waals surface area contributed by atoms with Crippen molar-refractivity contribution in [2.75, 3.05) is 4.90 Å². The SMILES string of the molecule is c1ccc(-c2ccc(-c3ccc(N(c4ccccc4)c4ccc5c(c4)c(-c4ccccc4)c(-c4ccccc4)c4ccccc45)cc3)cc2)cc1. The highest BCUT2D eigenvalue weighted by molar-refractivity contribution is 6.22. The molecule has 0 radical (unpaired) electrons. The second-order valence-electron chi connectivity index (χ2n) is 12.9. The van der Waals surface area contributed by atoms with Gasteiger partial charge in [-0.25, -0.2) is 0 Å². The molecule has 0 aliphatic rings. The van der Waals surface area contributed by atoms with Crippen LogP contribution in [0.15, 0.2) is 212 Å². The van der Waals surface area contributed by atoms with Crippen LogP contribution < -0.4 is 4.90 Å². The Morgan fingerprint density at radius 1 is 0.216 bits per heavy atom. The minimum atomic E-state index is 1.11. The molecule has 0 N–H and O–H groups in total. The standard InChI is InChI=1S/C50H35N/c1-5-15-36(16-6-1)37-25-27-38(28-26-37)39-29-31-43(32-30-39)51(42-21-11-4-12-22-42)44-33-34-46-45-23-13-14-24-47(45)49(40-17-7-2-8-18-40)50(48(46)35-44)41-19-9-3-10-20-41/h1-35H. The number of hydrogen-bond donors (Lipinski definition) is 0. The Kier molecular flexibility index (Phi) is 7.92. The quantitative estimate of drug-likeness (QED) is 0.155. The van der Waals surface area contributed by atoms with Crippen LogP contribution in [0.5, 0.6) is 0 Å². The summed E-state index contributed by atoms with van der Waals surface area (Å²) in [5, 5.41) is 4.99. The number of nitrogens with zero attached hydrogens (tertiary/aromatic N) is 1. The lowest BCUT2D eigenvalue weighted by Crippen LogP contribution is -2.09. The zero-order valence-corrected chi connectivity index (χ0v) is 28.2. The first-order valence-corrected chi connectivity index (χ1v) is 17.5. The molecule has 240 valence electrons. The molecule has 0 aliphatic carbocycles. The van der Waals surface area contributed by atoms with Crippen LogP contribution >= 0.6 is 0 Å². The molecule has 1 heteroatoms. The van der Waals surface area contributed by atoms with E-state index < -0.39 is 0 Å². The molecular formula is C50H35N. The summed E-state index contributed by atoms with van der Waals surface area (Å²) in [7, 11) is 0. The van der Waals surface area contributed by atoms with Gasteiger partial charge in [0, 0.05) is 17.1 Å². The van der Waals surface area contributed by atoms with Gasteiger partial charge in [0.1, 0.15) is 0 Å². The summed E-state index contributed by atoms with van der Waals surface area (Å²) in [6.45, 7) is 0. The topological polar surface area (TPSA) is 3.24 Å². The van der Waals surface area contributed by atoms with E-state index in [2.05, 4.69) is 217 Å². The Morgan fingerprint density at radius 3 is 1.12 bits per heavy atom. The molecule has 1 nitrogen and oxygen atoms in total. The first-order valence-electron chi connectivity index (χ1n) is 17.5. The average Bonchev–Trinajstić information content (AvgIpc) is 3.22. The minimum absolute atomic E-state index is 1.11. The van der Waals surface area contributed by atoms with Crippen molar-refractivity contribution in [2.24, 2.45) is 0 Å². The maximum absolute atomic E-state index is 2.39. The molecule has 0 saturated carbocycles. The molecule has 0 spiro atoms. The molecule has 0 amide bonds. The van der Waals surface area contributed by atoms with Crippen molar-refractivity contribution >= 4 is 38.6 Å². The molecule has 9 rings (SSSR count). The highest BCUT2D eigenvalue weighted by Gasteiger charge is 2.20. The van der Waals surface area contributed by atoms with Gasteiger partial charge in [0.2, 0.25) is 0 Å². The van der Waals surface area contributed by atoms with Crippen molar-refractivity contribution in [1.82, 2.24) is 0 Å². The Balaban J connectivity index is 1.21. The molecule has 51 heavy (non-hydrogen) atoms. The first-order chi connectivity index (χ1) is 25.3. The monoisotopic (exact) mass is 649 g/mol. The minimum Gasteiger partial charge on any atom is -0.310 e. The van der Waals surface area contributed by atoms with E-state index in [1.807, 2.05) is 0 Å². The summed E-state index contributed by atoms with van der Waals surface area (Å²) in [6, 6.07) is 76.5. The molecule has 0 atom stereocenters. The number of rotatable bonds is 7. The van der Waals surface area contributed by atoms with Gasteiger partial charge in [-0.1, -0.05) is 176 Å². The van der Waals surface area contributed by atoms with Crippen molar-refractivity contribution < 1.29 is 0 Å². The summed E-state index contributed by atoms with van der Waals surface area (Å²) in [5.74, 6) is 0. The van der Waals surface area contributed by atoms with E-state index >= 15 is 0 Å². The smallest absolute Gasteiger partial charge is 0.0468 e. The summed E-state index contributed by atoms with van der Waals surface area (Å²) in [5.41, 5.74) is 13.1. The zero-order chi connectivity index (χ0) is 34.0. The average molecular weight is 650 g/mol. The first kappa shape index (κ1) is 30.4. The van der Waals surface area contributed by atoms with Gasteiger partial charge in [-0.05, 0) is 102 Å². The van der Waals surface area contributed by atoms with Gasteiger partial charge in [0.05, 0.1) is 0 Å². The van der Waals surface area contributed by atoms with E-state index in [0.717, 1.165) is 17.1 Å². The third kappa shape index (κ3) is 5.75. The summed E-state index contributed by atoms with van der Waals surface area (Å²) < 4.78 is 0. The molecule has 0 fully saturated rings. The Hall–Kier alpha value is -6.70. The van der Waals surface area contributed by atoms with Crippen molar-refractivity contribution in [1.29, 1.82) is 0 Å². The second-order valence-corrected chi connectivity index (χ2v) is 12.9. The molecule has 0 heterocycles. The van der Waals surface area contributed by atoms with Gasteiger partial charge < -0.3 is 4.90 Å². The Labute approximate surface area is 299 Å². The number of benzene rings is 9. The molecular weight excluding hydrogens is 615 g/mol. The fourth-order valence-electron chi connectivity index (χ4n) is 7.44. The van der Waals surface area contributed by atoms with E-state index in [0.29, 0.717) is 0 Å². The lowest BCUT2D eigenvalue weighted by Gasteiger charge is -2.27. The lowest BCUT2D eigenvalue weighted by molar-refractivity contribution is 1.29. The van der Waals surface area contributed by atoms with Crippen molar-refractivity contribution in [3.63, 3.8) is 0 Å². The fourth-order valence-corrected chi connectivity index (χ4v) is 7.44. The zero-order valence-electron chi connectivity index (χ0n) is 28.2. The van der Waals surface area contributed by atoms with E-state index in [9.17, 15) is 0 Å². The molecule has 9 aromatic rings. The largest absolute Gasteiger partial charge is 0.310 e. The van der Waals surface area contributed by atoms with E-state index in [-0.39, 0.29) is 0 Å². The highest BCUT2D eigenvalue weighted by Crippen LogP contribution is 2.46. The van der Waals surface area contributed by atoms with Gasteiger partial charge >= 0.3 is 0 Å². The van der Waals surface area contributed by atoms with E-state index in [1.54, 1.807) is 0 Å². The third-order valence-electron chi connectivity index (χ3n) is 9.86. The number of hydrogen-bond acceptors (Lipinski definition) is 1. The van der Waals surface area contributed by atoms with Gasteiger partial charge in [-0.15, -0.1) is 0 Å². The van der Waals surface area contributed by atoms with Crippen LogP contribution in [0, 0.1) is 0 Å². The van der Waals surface area contributed by atoms with Crippen LogP contribution in [0.4, 0.5) is 17.1 Å². The van der Waals surface area contributed by atoms with Crippen LogP contribution in [0.25, 0.3) is 66.1 Å². The summed E-state index contributed by atoms with van der Waals surface area (Å²) in [6.07, 6.45) is 0. The molecule has 0 unspecified atom stereocenters. The lowest BCUT2D eigenvalue weighted by atomic mass is 9.85. The van der Waals surface area contributed by atoms with Gasteiger partial charge in [-0.3, -0.25) is 0 Å². The summed E-state index contributed by atoms with van der Waals surface area (Å²) >= 11 is 0. The van der Waals surface area contributed by atoms with Crippen molar-refractivity contribution in [3.8, 4) is 44.5 Å². The number of fused-ring (bicyclic) bond motifs is 3. The van der Waals surface area contributed by atoms with Gasteiger partial charge in [0.25, 0.3) is 0 Å². The molecule has 0 bridgehead atoms. The predicted octanol–water partition coefficient (Wildman–Crippen LogP) is 14.1. The maximum atomic E-state index is 2.39. The third-order valence-corrected chi connectivity index (χ3v) is 9.86. The van der Waals surface area contributed by atoms with Crippen LogP contribution in [0.1, 0.15) is 0 Å². The van der Waals surface area contributed by atoms with Gasteiger partial charge in [-0.2, -0.15) is 0 Å². The van der Waals surface area contributed by atoms with Crippen LogP contribution in [-0.4, -0.2) is 0 Å². The molecule has 0 saturated heterocycles. The predicted molar refractivity (Wildman–Crippen MR) is 218 cm³/mol. The van der Waals surface area contributed by atoms with Crippen LogP contribution in [-0.2, 0) is 0 Å². The highest BCUT2D eigenvalue weighted by atomic mass is 15.1. The molecule has 9 aromatic carbocycles. The fraction of sp³-hybridized carbons (Fsp3) is 0. The summed E-state index contributed by atoms with van der Waals surface area (Å²) in [4.78, 5) is 2.37. The van der Waals surface area contributed by atoms with Crippen molar-refractivity contribution in [3.05, 3.63) is 212 Å². The Bertz CT molecular complexity index is 2580. The van der Waals surface area contributed by atoms with E-state index in [1.165, 1.54) is 66.1 Å². The van der Waals surface area contributed by atoms with Crippen LogP contribution in [0.2, 0.25) is 0 Å². The van der Waals surface area contributed by atoms with Crippen LogP contribution in [0.3, 0.4) is 0 Å². The maximum Gasteiger partial charge on any atom is 0.0468 e. The number of anilines is 3.